The first kappa shape index (κ1) is 19.7. The van der Waals surface area contributed by atoms with E-state index in [-0.39, 0.29) is 27.3 Å². The van der Waals surface area contributed by atoms with E-state index < -0.39 is 32.5 Å². The van der Waals surface area contributed by atoms with Crippen LogP contribution in [0.2, 0.25) is 0 Å². The molecule has 1 heterocycles. The van der Waals surface area contributed by atoms with E-state index in [1.54, 1.807) is 25.1 Å². The molecule has 1 aliphatic rings. The van der Waals surface area contributed by atoms with Crippen molar-refractivity contribution in [3.05, 3.63) is 64.5 Å². The Morgan fingerprint density at radius 2 is 1.86 bits per heavy atom. The van der Waals surface area contributed by atoms with Gasteiger partial charge in [0, 0.05) is 0 Å². The fourth-order valence-electron chi connectivity index (χ4n) is 4.00. The highest BCUT2D eigenvalue weighted by molar-refractivity contribution is 7.92. The maximum absolute atomic E-state index is 13.8. The van der Waals surface area contributed by atoms with Crippen molar-refractivity contribution in [1.82, 2.24) is 9.55 Å². The van der Waals surface area contributed by atoms with Gasteiger partial charge in [0.1, 0.15) is 11.6 Å². The highest BCUT2D eigenvalue weighted by Gasteiger charge is 2.33. The minimum absolute atomic E-state index is 0.0132. The summed E-state index contributed by atoms with van der Waals surface area (Å²) in [5, 5.41) is -0.476. The maximum atomic E-state index is 13.8. The van der Waals surface area contributed by atoms with E-state index in [2.05, 4.69) is 4.98 Å². The van der Waals surface area contributed by atoms with Gasteiger partial charge in [-0.15, -0.1) is 0 Å². The van der Waals surface area contributed by atoms with Gasteiger partial charge in [0.25, 0.3) is 5.56 Å². The van der Waals surface area contributed by atoms with Gasteiger partial charge in [-0.25, -0.2) is 17.8 Å². The molecule has 1 unspecified atom stereocenters. The first-order chi connectivity index (χ1) is 13.8. The fourth-order valence-corrected chi connectivity index (χ4v) is 6.06. The van der Waals surface area contributed by atoms with Crippen molar-refractivity contribution in [2.24, 2.45) is 5.73 Å². The van der Waals surface area contributed by atoms with E-state index in [4.69, 9.17) is 5.73 Å². The van der Waals surface area contributed by atoms with Crippen molar-refractivity contribution in [3.63, 3.8) is 0 Å². The molecule has 3 aromatic rings. The minimum Gasteiger partial charge on any atom is -0.322 e. The molecule has 1 aromatic heterocycles. The Labute approximate surface area is 168 Å². The molecule has 0 aliphatic heterocycles. The van der Waals surface area contributed by atoms with E-state index in [1.807, 2.05) is 0 Å². The number of aromatic nitrogens is 2. The van der Waals surface area contributed by atoms with Crippen molar-refractivity contribution < 1.29 is 12.8 Å². The van der Waals surface area contributed by atoms with Crippen LogP contribution in [0.15, 0.2) is 52.2 Å². The van der Waals surface area contributed by atoms with Crippen LogP contribution in [0.1, 0.15) is 44.5 Å². The van der Waals surface area contributed by atoms with Crippen LogP contribution in [0.3, 0.4) is 0 Å². The molecule has 4 rings (SSSR count). The Morgan fingerprint density at radius 1 is 1.17 bits per heavy atom. The lowest BCUT2D eigenvalue weighted by atomic mass is 10.2. The zero-order valence-electron chi connectivity index (χ0n) is 16.0. The Balaban J connectivity index is 2.07. The van der Waals surface area contributed by atoms with Gasteiger partial charge < -0.3 is 5.73 Å². The van der Waals surface area contributed by atoms with Gasteiger partial charge >= 0.3 is 0 Å². The second-order valence-corrected chi connectivity index (χ2v) is 9.68. The highest BCUT2D eigenvalue weighted by atomic mass is 32.2. The molecule has 1 aliphatic carbocycles. The molecule has 0 bridgehead atoms. The third-order valence-corrected chi connectivity index (χ3v) is 7.71. The van der Waals surface area contributed by atoms with Gasteiger partial charge in [-0.3, -0.25) is 9.36 Å². The normalized spacial score (nSPS) is 16.4. The van der Waals surface area contributed by atoms with Crippen LogP contribution in [0.5, 0.6) is 0 Å². The third-order valence-electron chi connectivity index (χ3n) is 5.41. The summed E-state index contributed by atoms with van der Waals surface area (Å²) in [6, 6.07) is 9.55. The lowest BCUT2D eigenvalue weighted by Crippen LogP contribution is -2.29. The number of nitrogens with two attached hydrogens (primary N) is 1. The van der Waals surface area contributed by atoms with E-state index >= 15 is 0 Å². The second-order valence-electron chi connectivity index (χ2n) is 7.48. The predicted octanol–water partition coefficient (Wildman–Crippen LogP) is 3.26. The number of hydrogen-bond donors (Lipinski definition) is 1. The number of rotatable bonds is 4. The minimum atomic E-state index is -3.69. The largest absolute Gasteiger partial charge is 0.322 e. The van der Waals surface area contributed by atoms with Gasteiger partial charge in [0.15, 0.2) is 9.84 Å². The number of nitrogens with zero attached hydrogens (tertiary/aromatic N) is 2. The molecule has 2 N–H and O–H groups in total. The van der Waals surface area contributed by atoms with Gasteiger partial charge in [-0.2, -0.15) is 0 Å². The first-order valence-electron chi connectivity index (χ1n) is 9.62. The van der Waals surface area contributed by atoms with Crippen molar-refractivity contribution >= 4 is 20.7 Å². The molecule has 0 amide bonds. The van der Waals surface area contributed by atoms with E-state index in [9.17, 15) is 17.6 Å². The molecular weight excluding hydrogens is 393 g/mol. The van der Waals surface area contributed by atoms with Crippen molar-refractivity contribution in [1.29, 1.82) is 0 Å². The van der Waals surface area contributed by atoms with Crippen LogP contribution in [0, 0.1) is 5.82 Å². The van der Waals surface area contributed by atoms with Crippen molar-refractivity contribution in [2.75, 3.05) is 0 Å². The average molecular weight is 415 g/mol. The summed E-state index contributed by atoms with van der Waals surface area (Å²) in [5.41, 5.74) is 6.00. The lowest BCUT2D eigenvalue weighted by molar-refractivity contribution is 0.580. The summed E-state index contributed by atoms with van der Waals surface area (Å²) < 4.78 is 41.6. The number of halogens is 1. The van der Waals surface area contributed by atoms with Crippen molar-refractivity contribution in [2.45, 2.75) is 48.8 Å². The first-order valence-corrected chi connectivity index (χ1v) is 11.2. The summed E-state index contributed by atoms with van der Waals surface area (Å²) >= 11 is 0. The summed E-state index contributed by atoms with van der Waals surface area (Å²) in [7, 11) is -3.69. The second kappa shape index (κ2) is 7.35. The molecule has 152 valence electrons. The van der Waals surface area contributed by atoms with E-state index in [0.29, 0.717) is 12.8 Å². The van der Waals surface area contributed by atoms with Crippen LogP contribution < -0.4 is 11.3 Å². The Hall–Kier alpha value is -2.58. The van der Waals surface area contributed by atoms with Gasteiger partial charge in [-0.1, -0.05) is 25.0 Å². The van der Waals surface area contributed by atoms with Gasteiger partial charge in [0.2, 0.25) is 0 Å². The number of hydrogen-bond acceptors (Lipinski definition) is 5. The van der Waals surface area contributed by atoms with Gasteiger partial charge in [0.05, 0.1) is 32.8 Å². The van der Waals surface area contributed by atoms with Crippen molar-refractivity contribution in [3.8, 4) is 5.69 Å². The lowest BCUT2D eigenvalue weighted by Gasteiger charge is -2.18. The Kier molecular flexibility index (Phi) is 5.00. The molecule has 0 saturated heterocycles. The van der Waals surface area contributed by atoms with Crippen LogP contribution in [-0.4, -0.2) is 23.2 Å². The Bertz CT molecular complexity index is 1250. The molecule has 1 saturated carbocycles. The molecule has 1 fully saturated rings. The highest BCUT2D eigenvalue weighted by Crippen LogP contribution is 2.32. The average Bonchev–Trinajstić information content (AvgIpc) is 3.23. The van der Waals surface area contributed by atoms with Crippen LogP contribution in [0.4, 0.5) is 4.39 Å². The summed E-state index contributed by atoms with van der Waals surface area (Å²) in [5.74, 6) is -0.277. The van der Waals surface area contributed by atoms with Crippen LogP contribution in [0.25, 0.3) is 16.6 Å². The number of benzene rings is 2. The zero-order valence-corrected chi connectivity index (χ0v) is 16.8. The van der Waals surface area contributed by atoms with Gasteiger partial charge in [-0.05, 0) is 50.1 Å². The van der Waals surface area contributed by atoms with E-state index in [1.165, 1.54) is 28.8 Å². The zero-order chi connectivity index (χ0) is 20.8. The SMILES string of the molecule is CC(N)c1nc2cccc(S(=O)(=O)C3CCCC3)c2c(=O)n1-c1cccc(F)c1. The smallest absolute Gasteiger partial charge is 0.267 e. The monoisotopic (exact) mass is 415 g/mol. The van der Waals surface area contributed by atoms with Crippen LogP contribution >= 0.6 is 0 Å². The molecule has 29 heavy (non-hydrogen) atoms. The van der Waals surface area contributed by atoms with Crippen LogP contribution in [-0.2, 0) is 9.84 Å². The molecule has 6 nitrogen and oxygen atoms in total. The standard InChI is InChI=1S/C21H22FN3O3S/c1-13(23)20-24-17-10-5-11-18(29(27,28)16-8-2-3-9-16)19(17)21(26)25(20)15-7-4-6-14(22)12-15/h4-7,10-13,16H,2-3,8-9,23H2,1H3. The number of fused-ring (bicyclic) bond motifs is 1. The predicted molar refractivity (Wildman–Crippen MR) is 109 cm³/mol. The molecule has 0 radical (unpaired) electrons. The summed E-state index contributed by atoms with van der Waals surface area (Å²) in [6.45, 7) is 1.67. The molecule has 2 aromatic carbocycles. The molecule has 8 heteroatoms. The summed E-state index contributed by atoms with van der Waals surface area (Å²) in [4.78, 5) is 18.0. The third kappa shape index (κ3) is 3.36. The summed E-state index contributed by atoms with van der Waals surface area (Å²) in [6.07, 6.45) is 2.88. The topological polar surface area (TPSA) is 95.1 Å². The Morgan fingerprint density at radius 3 is 2.52 bits per heavy atom. The van der Waals surface area contributed by atoms with E-state index in [0.717, 1.165) is 12.8 Å². The fraction of sp³-hybridized carbons (Fsp3) is 0.333. The quantitative estimate of drug-likeness (QED) is 0.706. The number of sulfone groups is 1. The molecule has 0 spiro atoms. The maximum Gasteiger partial charge on any atom is 0.267 e. The molecular formula is C21H22FN3O3S. The molecule has 1 atom stereocenters.